The summed E-state index contributed by atoms with van der Waals surface area (Å²) in [6, 6.07) is 0.708. The highest BCUT2D eigenvalue weighted by atomic mass is 15.2. The van der Waals surface area contributed by atoms with Gasteiger partial charge in [-0.3, -0.25) is 5.41 Å². The minimum absolute atomic E-state index is 0.708. The Morgan fingerprint density at radius 3 is 2.75 bits per heavy atom. The van der Waals surface area contributed by atoms with Crippen molar-refractivity contribution in [1.29, 1.82) is 5.41 Å². The lowest BCUT2D eigenvalue weighted by Gasteiger charge is -2.28. The Balaban J connectivity index is 1.99. The average Bonchev–Trinajstić information content (AvgIpc) is 2.80. The molecule has 1 unspecified atom stereocenters. The van der Waals surface area contributed by atoms with Gasteiger partial charge in [0.25, 0.3) is 0 Å². The number of rotatable bonds is 3. The van der Waals surface area contributed by atoms with Crippen LogP contribution in [0.2, 0.25) is 0 Å². The summed E-state index contributed by atoms with van der Waals surface area (Å²) in [5.41, 5.74) is 0. The summed E-state index contributed by atoms with van der Waals surface area (Å²) >= 11 is 0. The van der Waals surface area contributed by atoms with E-state index in [2.05, 4.69) is 11.8 Å². The standard InChI is InChI=1S/C10H18N2/c1-2-9(8-5-6-8)12-7-3-4-10(12)11/h8-9,11H,2-7H2,1H3. The fourth-order valence-electron chi connectivity index (χ4n) is 2.35. The van der Waals surface area contributed by atoms with Crippen LogP contribution in [0.25, 0.3) is 0 Å². The van der Waals surface area contributed by atoms with Crippen molar-refractivity contribution in [2.24, 2.45) is 5.92 Å². The second-order valence-electron chi connectivity index (χ2n) is 4.06. The smallest absolute Gasteiger partial charge is 0.0960 e. The number of likely N-dealkylation sites (tertiary alicyclic amines) is 1. The van der Waals surface area contributed by atoms with E-state index in [-0.39, 0.29) is 0 Å². The second-order valence-corrected chi connectivity index (χ2v) is 4.06. The van der Waals surface area contributed by atoms with Crippen LogP contribution in [-0.2, 0) is 0 Å². The third kappa shape index (κ3) is 1.35. The van der Waals surface area contributed by atoms with Crippen molar-refractivity contribution in [3.05, 3.63) is 0 Å². The molecule has 2 heteroatoms. The van der Waals surface area contributed by atoms with E-state index >= 15 is 0 Å². The van der Waals surface area contributed by atoms with Gasteiger partial charge in [-0.15, -0.1) is 0 Å². The van der Waals surface area contributed by atoms with Crippen molar-refractivity contribution in [3.8, 4) is 0 Å². The summed E-state index contributed by atoms with van der Waals surface area (Å²) in [7, 11) is 0. The number of nitrogens with one attached hydrogen (secondary N) is 1. The lowest BCUT2D eigenvalue weighted by molar-refractivity contribution is 0.291. The minimum Gasteiger partial charge on any atom is -0.357 e. The second kappa shape index (κ2) is 3.08. The summed E-state index contributed by atoms with van der Waals surface area (Å²) in [5, 5.41) is 7.79. The van der Waals surface area contributed by atoms with E-state index in [9.17, 15) is 0 Å². The molecule has 1 N–H and O–H groups in total. The molecular formula is C10H18N2. The van der Waals surface area contributed by atoms with Gasteiger partial charge < -0.3 is 4.90 Å². The van der Waals surface area contributed by atoms with Crippen LogP contribution in [-0.4, -0.2) is 23.3 Å². The van der Waals surface area contributed by atoms with Gasteiger partial charge in [-0.1, -0.05) is 6.92 Å². The molecule has 0 radical (unpaired) electrons. The predicted molar refractivity (Wildman–Crippen MR) is 50.5 cm³/mol. The molecule has 1 saturated heterocycles. The van der Waals surface area contributed by atoms with E-state index < -0.39 is 0 Å². The largest absolute Gasteiger partial charge is 0.357 e. The number of amidine groups is 1. The van der Waals surface area contributed by atoms with Crippen LogP contribution in [0, 0.1) is 11.3 Å². The van der Waals surface area contributed by atoms with Gasteiger partial charge in [-0.25, -0.2) is 0 Å². The third-order valence-corrected chi connectivity index (χ3v) is 3.14. The zero-order chi connectivity index (χ0) is 8.55. The molecule has 2 fully saturated rings. The first kappa shape index (κ1) is 8.09. The minimum atomic E-state index is 0.708. The van der Waals surface area contributed by atoms with Gasteiger partial charge >= 0.3 is 0 Å². The monoisotopic (exact) mass is 166 g/mol. The molecule has 0 amide bonds. The van der Waals surface area contributed by atoms with Crippen LogP contribution in [0.3, 0.4) is 0 Å². The van der Waals surface area contributed by atoms with Crippen molar-refractivity contribution < 1.29 is 0 Å². The number of nitrogens with zero attached hydrogens (tertiary/aromatic N) is 1. The quantitative estimate of drug-likeness (QED) is 0.684. The van der Waals surface area contributed by atoms with Crippen molar-refractivity contribution in [2.75, 3.05) is 6.54 Å². The molecule has 0 spiro atoms. The topological polar surface area (TPSA) is 27.1 Å². The highest BCUT2D eigenvalue weighted by Crippen LogP contribution is 2.38. The Hall–Kier alpha value is -0.530. The van der Waals surface area contributed by atoms with E-state index in [1.54, 1.807) is 0 Å². The van der Waals surface area contributed by atoms with Crippen LogP contribution < -0.4 is 0 Å². The van der Waals surface area contributed by atoms with Crippen LogP contribution >= 0.6 is 0 Å². The fraction of sp³-hybridized carbons (Fsp3) is 0.900. The maximum atomic E-state index is 7.79. The summed E-state index contributed by atoms with van der Waals surface area (Å²) in [6.07, 6.45) is 6.27. The van der Waals surface area contributed by atoms with Gasteiger partial charge in [0.2, 0.25) is 0 Å². The van der Waals surface area contributed by atoms with E-state index in [0.29, 0.717) is 6.04 Å². The van der Waals surface area contributed by atoms with Crippen LogP contribution in [0.1, 0.15) is 39.0 Å². The first-order valence-corrected chi connectivity index (χ1v) is 5.17. The predicted octanol–water partition coefficient (Wildman–Crippen LogP) is 2.25. The summed E-state index contributed by atoms with van der Waals surface area (Å²) in [5.74, 6) is 1.82. The van der Waals surface area contributed by atoms with Crippen LogP contribution in [0.4, 0.5) is 0 Å². The first-order chi connectivity index (χ1) is 5.83. The lowest BCUT2D eigenvalue weighted by atomic mass is 10.1. The Morgan fingerprint density at radius 1 is 1.58 bits per heavy atom. The third-order valence-electron chi connectivity index (χ3n) is 3.14. The molecule has 1 heterocycles. The molecule has 2 rings (SSSR count). The molecule has 12 heavy (non-hydrogen) atoms. The molecule has 0 aromatic carbocycles. The fourth-order valence-corrected chi connectivity index (χ4v) is 2.35. The van der Waals surface area contributed by atoms with Crippen LogP contribution in [0.15, 0.2) is 0 Å². The molecule has 1 aliphatic heterocycles. The molecule has 1 saturated carbocycles. The molecule has 2 aliphatic rings. The SMILES string of the molecule is CCC(C1CC1)N1CCCC1=N. The van der Waals surface area contributed by atoms with Gasteiger partial charge in [0, 0.05) is 19.0 Å². The van der Waals surface area contributed by atoms with E-state index in [0.717, 1.165) is 24.7 Å². The average molecular weight is 166 g/mol. The number of hydrogen-bond donors (Lipinski definition) is 1. The van der Waals surface area contributed by atoms with Crippen molar-refractivity contribution in [1.82, 2.24) is 4.90 Å². The zero-order valence-electron chi connectivity index (χ0n) is 7.84. The molecular weight excluding hydrogens is 148 g/mol. The van der Waals surface area contributed by atoms with Gasteiger partial charge in [0.1, 0.15) is 0 Å². The maximum absolute atomic E-state index is 7.79. The normalized spacial score (nSPS) is 26.4. The first-order valence-electron chi connectivity index (χ1n) is 5.17. The van der Waals surface area contributed by atoms with Gasteiger partial charge in [0.05, 0.1) is 5.84 Å². The van der Waals surface area contributed by atoms with Gasteiger partial charge in [-0.2, -0.15) is 0 Å². The summed E-state index contributed by atoms with van der Waals surface area (Å²) in [4.78, 5) is 2.34. The molecule has 1 atom stereocenters. The number of hydrogen-bond acceptors (Lipinski definition) is 1. The molecule has 0 bridgehead atoms. The highest BCUT2D eigenvalue weighted by molar-refractivity contribution is 5.81. The van der Waals surface area contributed by atoms with Crippen LogP contribution in [0.5, 0.6) is 0 Å². The van der Waals surface area contributed by atoms with Crippen molar-refractivity contribution in [3.63, 3.8) is 0 Å². The van der Waals surface area contributed by atoms with E-state index in [1.165, 1.54) is 25.7 Å². The van der Waals surface area contributed by atoms with Crippen molar-refractivity contribution >= 4 is 5.84 Å². The van der Waals surface area contributed by atoms with Gasteiger partial charge in [-0.05, 0) is 31.6 Å². The Morgan fingerprint density at radius 2 is 2.33 bits per heavy atom. The van der Waals surface area contributed by atoms with Crippen molar-refractivity contribution in [2.45, 2.75) is 45.1 Å². The van der Waals surface area contributed by atoms with Gasteiger partial charge in [0.15, 0.2) is 0 Å². The van der Waals surface area contributed by atoms with E-state index in [4.69, 9.17) is 5.41 Å². The summed E-state index contributed by atoms with van der Waals surface area (Å²) in [6.45, 7) is 3.41. The zero-order valence-corrected chi connectivity index (χ0v) is 7.84. The summed E-state index contributed by atoms with van der Waals surface area (Å²) < 4.78 is 0. The lowest BCUT2D eigenvalue weighted by Crippen LogP contribution is -2.36. The highest BCUT2D eigenvalue weighted by Gasteiger charge is 2.36. The molecule has 1 aliphatic carbocycles. The molecule has 0 aromatic rings. The molecule has 0 aromatic heterocycles. The molecule has 2 nitrogen and oxygen atoms in total. The van der Waals surface area contributed by atoms with E-state index in [1.807, 2.05) is 0 Å². The maximum Gasteiger partial charge on any atom is 0.0960 e. The Bertz CT molecular complexity index is 184. The Kier molecular flexibility index (Phi) is 2.07. The molecule has 68 valence electrons. The Labute approximate surface area is 74.5 Å².